The van der Waals surface area contributed by atoms with Crippen LogP contribution in [0.5, 0.6) is 0 Å². The van der Waals surface area contributed by atoms with E-state index in [-0.39, 0.29) is 17.1 Å². The van der Waals surface area contributed by atoms with Gasteiger partial charge in [-0.3, -0.25) is 9.59 Å². The molecule has 0 aromatic heterocycles. The Morgan fingerprint density at radius 3 is 2.44 bits per heavy atom. The van der Waals surface area contributed by atoms with Crippen molar-refractivity contribution < 1.29 is 14.3 Å². The third-order valence-electron chi connectivity index (χ3n) is 3.30. The zero-order valence-electron chi connectivity index (χ0n) is 10.1. The van der Waals surface area contributed by atoms with Crippen molar-refractivity contribution >= 4 is 28.2 Å². The third kappa shape index (κ3) is 1.52. The molecule has 2 unspecified atom stereocenters. The number of ketones is 2. The third-order valence-corrected chi connectivity index (χ3v) is 4.70. The molecule has 0 amide bonds. The number of hydrogen-bond donors (Lipinski definition) is 0. The number of carbonyl (C=O) groups excluding carboxylic acids is 2. The first-order valence-corrected chi connectivity index (χ1v) is 6.73. The molecule has 1 aromatic carbocycles. The summed E-state index contributed by atoms with van der Waals surface area (Å²) >= 11 is 1.61. The Morgan fingerprint density at radius 2 is 1.72 bits per heavy atom. The maximum atomic E-state index is 12.0. The molecule has 92 valence electrons. The van der Waals surface area contributed by atoms with Gasteiger partial charge >= 0.3 is 0 Å². The maximum Gasteiger partial charge on any atom is 0.269 e. The molecule has 3 nitrogen and oxygen atoms in total. The Kier molecular flexibility index (Phi) is 2.55. The average Bonchev–Trinajstić information content (AvgIpc) is 2.38. The minimum Gasteiger partial charge on any atom is -0.484 e. The van der Waals surface area contributed by atoms with Gasteiger partial charge in [0.05, 0.1) is 4.91 Å². The zero-order valence-corrected chi connectivity index (χ0v) is 10.9. The number of hydrogen-bond acceptors (Lipinski definition) is 4. The second kappa shape index (κ2) is 3.99. The molecule has 0 fully saturated rings. The van der Waals surface area contributed by atoms with Gasteiger partial charge in [0.2, 0.25) is 5.78 Å². The number of benzene rings is 1. The summed E-state index contributed by atoms with van der Waals surface area (Å²) in [7, 11) is 0. The number of ether oxygens (including phenoxy) is 1. The largest absolute Gasteiger partial charge is 0.484 e. The molecule has 1 aromatic rings. The van der Waals surface area contributed by atoms with E-state index in [9.17, 15) is 9.59 Å². The lowest BCUT2D eigenvalue weighted by Crippen LogP contribution is -2.33. The van der Waals surface area contributed by atoms with Crippen molar-refractivity contribution in [2.75, 3.05) is 0 Å². The van der Waals surface area contributed by atoms with Crippen LogP contribution in [-0.4, -0.2) is 22.9 Å². The highest BCUT2D eigenvalue weighted by Gasteiger charge is 2.39. The predicted molar refractivity (Wildman–Crippen MR) is 70.3 cm³/mol. The van der Waals surface area contributed by atoms with Crippen LogP contribution in [0.4, 0.5) is 0 Å². The standard InChI is InChI=1S/C14H12O3S/c1-7-8(2)18-14-10-6-4-3-5-9(10)11(15)12(16)13(14)17-7/h3-8H,1-2H3. The first kappa shape index (κ1) is 11.5. The molecular weight excluding hydrogens is 248 g/mol. The van der Waals surface area contributed by atoms with Crippen LogP contribution in [-0.2, 0) is 9.53 Å². The highest BCUT2D eigenvalue weighted by molar-refractivity contribution is 8.09. The van der Waals surface area contributed by atoms with Crippen molar-refractivity contribution in [3.8, 4) is 0 Å². The molecule has 0 N–H and O–H groups in total. The molecule has 0 spiro atoms. The molecule has 0 radical (unpaired) electrons. The van der Waals surface area contributed by atoms with Gasteiger partial charge in [-0.2, -0.15) is 0 Å². The van der Waals surface area contributed by atoms with Crippen molar-refractivity contribution in [2.24, 2.45) is 0 Å². The Morgan fingerprint density at radius 1 is 1.06 bits per heavy atom. The van der Waals surface area contributed by atoms with Crippen LogP contribution in [0.15, 0.2) is 30.0 Å². The van der Waals surface area contributed by atoms with E-state index in [4.69, 9.17) is 4.74 Å². The Balaban J connectivity index is 2.22. The van der Waals surface area contributed by atoms with Gasteiger partial charge in [0.15, 0.2) is 5.76 Å². The van der Waals surface area contributed by atoms with E-state index in [0.29, 0.717) is 5.56 Å². The fourth-order valence-corrected chi connectivity index (χ4v) is 3.29. The molecule has 2 aliphatic rings. The fourth-order valence-electron chi connectivity index (χ4n) is 2.12. The van der Waals surface area contributed by atoms with E-state index in [1.807, 2.05) is 19.1 Å². The van der Waals surface area contributed by atoms with Gasteiger partial charge in [0.1, 0.15) is 6.10 Å². The Labute approximate surface area is 109 Å². The molecule has 3 rings (SSSR count). The van der Waals surface area contributed by atoms with Gasteiger partial charge < -0.3 is 4.74 Å². The maximum absolute atomic E-state index is 12.0. The Bertz CT molecular complexity index is 588. The number of fused-ring (bicyclic) bond motifs is 2. The van der Waals surface area contributed by atoms with E-state index < -0.39 is 11.6 Å². The lowest BCUT2D eigenvalue weighted by Gasteiger charge is -2.32. The first-order valence-electron chi connectivity index (χ1n) is 5.85. The minimum atomic E-state index is -0.519. The quantitative estimate of drug-likeness (QED) is 0.673. The van der Waals surface area contributed by atoms with Crippen molar-refractivity contribution in [1.82, 2.24) is 0 Å². The molecule has 0 saturated heterocycles. The molecule has 0 bridgehead atoms. The summed E-state index contributed by atoms with van der Waals surface area (Å²) in [5.74, 6) is -0.754. The smallest absolute Gasteiger partial charge is 0.269 e. The van der Waals surface area contributed by atoms with Crippen LogP contribution in [0.3, 0.4) is 0 Å². The van der Waals surface area contributed by atoms with E-state index in [2.05, 4.69) is 6.92 Å². The summed E-state index contributed by atoms with van der Waals surface area (Å²) in [6.45, 7) is 3.97. The molecular formula is C14H12O3S. The minimum absolute atomic E-state index is 0.0595. The van der Waals surface area contributed by atoms with Crippen LogP contribution in [0.1, 0.15) is 29.8 Å². The number of carbonyl (C=O) groups is 2. The molecule has 18 heavy (non-hydrogen) atoms. The number of thioether (sulfide) groups is 1. The molecule has 4 heteroatoms. The zero-order chi connectivity index (χ0) is 12.9. The van der Waals surface area contributed by atoms with Crippen LogP contribution in [0, 0.1) is 0 Å². The van der Waals surface area contributed by atoms with Gasteiger partial charge in [-0.1, -0.05) is 24.3 Å². The summed E-state index contributed by atoms with van der Waals surface area (Å²) in [6, 6.07) is 7.21. The second-order valence-corrected chi connectivity index (χ2v) is 5.90. The molecule has 1 aliphatic heterocycles. The summed E-state index contributed by atoms with van der Waals surface area (Å²) in [6.07, 6.45) is -0.0595. The fraction of sp³-hybridized carbons (Fsp3) is 0.286. The topological polar surface area (TPSA) is 43.4 Å². The normalized spacial score (nSPS) is 26.6. The summed E-state index contributed by atoms with van der Waals surface area (Å²) in [5.41, 5.74) is 1.31. The van der Waals surface area contributed by atoms with Crippen LogP contribution in [0.2, 0.25) is 0 Å². The van der Waals surface area contributed by atoms with Gasteiger partial charge in [0, 0.05) is 16.4 Å². The van der Waals surface area contributed by atoms with E-state index in [0.717, 1.165) is 10.5 Å². The molecule has 2 atom stereocenters. The molecule has 0 saturated carbocycles. The number of rotatable bonds is 0. The number of Topliss-reactive ketones (excluding diaryl/α,β-unsaturated/α-hetero) is 2. The van der Waals surface area contributed by atoms with E-state index in [1.54, 1.807) is 23.9 Å². The highest BCUT2D eigenvalue weighted by atomic mass is 32.2. The van der Waals surface area contributed by atoms with E-state index >= 15 is 0 Å². The summed E-state index contributed by atoms with van der Waals surface area (Å²) in [4.78, 5) is 24.8. The van der Waals surface area contributed by atoms with Crippen molar-refractivity contribution in [1.29, 1.82) is 0 Å². The Hall–Kier alpha value is -1.55. The summed E-state index contributed by atoms with van der Waals surface area (Å²) < 4.78 is 5.63. The van der Waals surface area contributed by atoms with Crippen molar-refractivity contribution in [3.63, 3.8) is 0 Å². The van der Waals surface area contributed by atoms with Crippen molar-refractivity contribution in [3.05, 3.63) is 41.2 Å². The number of allylic oxidation sites excluding steroid dienone is 1. The van der Waals surface area contributed by atoms with E-state index in [1.165, 1.54) is 0 Å². The van der Waals surface area contributed by atoms with Crippen LogP contribution < -0.4 is 0 Å². The van der Waals surface area contributed by atoms with Gasteiger partial charge in [0.25, 0.3) is 5.78 Å². The SMILES string of the molecule is CC1OC2=C(SC1C)c1ccccc1C(=O)C2=O. The average molecular weight is 260 g/mol. The molecule has 1 aliphatic carbocycles. The first-order chi connectivity index (χ1) is 8.59. The monoisotopic (exact) mass is 260 g/mol. The predicted octanol–water partition coefficient (Wildman–Crippen LogP) is 2.66. The van der Waals surface area contributed by atoms with Gasteiger partial charge in [-0.25, -0.2) is 0 Å². The van der Waals surface area contributed by atoms with Crippen molar-refractivity contribution in [2.45, 2.75) is 25.2 Å². The second-order valence-electron chi connectivity index (χ2n) is 4.51. The van der Waals surface area contributed by atoms with Crippen LogP contribution in [0.25, 0.3) is 4.91 Å². The lowest BCUT2D eigenvalue weighted by molar-refractivity contribution is -0.115. The molecule has 1 heterocycles. The van der Waals surface area contributed by atoms with Gasteiger partial charge in [-0.05, 0) is 13.8 Å². The lowest BCUT2D eigenvalue weighted by atomic mass is 9.93. The summed E-state index contributed by atoms with van der Waals surface area (Å²) in [5, 5.41) is 0.262. The highest BCUT2D eigenvalue weighted by Crippen LogP contribution is 2.44. The van der Waals surface area contributed by atoms with Crippen LogP contribution >= 0.6 is 11.8 Å². The van der Waals surface area contributed by atoms with Gasteiger partial charge in [-0.15, -0.1) is 11.8 Å².